The highest BCUT2D eigenvalue weighted by Gasteiger charge is 2.32. The van der Waals surface area contributed by atoms with E-state index in [-0.39, 0.29) is 0 Å². The van der Waals surface area contributed by atoms with E-state index in [1.165, 1.54) is 30.5 Å². The lowest BCUT2D eigenvalue weighted by Gasteiger charge is -2.37. The average molecular weight is 289 g/mol. The minimum Gasteiger partial charge on any atom is -0.312 e. The molecule has 3 heteroatoms. The Morgan fingerprint density at radius 3 is 2.52 bits per heavy atom. The van der Waals surface area contributed by atoms with E-state index in [4.69, 9.17) is 0 Å². The Labute approximate surface area is 130 Å². The highest BCUT2D eigenvalue weighted by Crippen LogP contribution is 2.28. The van der Waals surface area contributed by atoms with Crippen LogP contribution in [-0.4, -0.2) is 56.1 Å². The van der Waals surface area contributed by atoms with Crippen LogP contribution in [0.15, 0.2) is 24.3 Å². The molecule has 2 rings (SSSR count). The predicted molar refractivity (Wildman–Crippen MR) is 90.7 cm³/mol. The Morgan fingerprint density at radius 1 is 1.29 bits per heavy atom. The van der Waals surface area contributed by atoms with Crippen molar-refractivity contribution in [1.29, 1.82) is 0 Å². The molecular formula is C18H31N3. The van der Waals surface area contributed by atoms with Crippen LogP contribution >= 0.6 is 0 Å². The molecule has 0 saturated carbocycles. The van der Waals surface area contributed by atoms with Crippen molar-refractivity contribution < 1.29 is 0 Å². The van der Waals surface area contributed by atoms with Gasteiger partial charge in [-0.25, -0.2) is 0 Å². The van der Waals surface area contributed by atoms with Crippen LogP contribution in [0.1, 0.15) is 36.9 Å². The quantitative estimate of drug-likeness (QED) is 0.868. The summed E-state index contributed by atoms with van der Waals surface area (Å²) in [5, 5.41) is 3.53. The summed E-state index contributed by atoms with van der Waals surface area (Å²) < 4.78 is 0. The van der Waals surface area contributed by atoms with Crippen LogP contribution in [0.4, 0.5) is 0 Å². The fourth-order valence-corrected chi connectivity index (χ4v) is 3.66. The van der Waals surface area contributed by atoms with Crippen molar-refractivity contribution in [3.05, 3.63) is 35.4 Å². The van der Waals surface area contributed by atoms with Crippen LogP contribution in [0.5, 0.6) is 0 Å². The second kappa shape index (κ2) is 7.39. The first kappa shape index (κ1) is 16.5. The third-order valence-electron chi connectivity index (χ3n) is 4.75. The summed E-state index contributed by atoms with van der Waals surface area (Å²) in [5.41, 5.74) is 2.72. The van der Waals surface area contributed by atoms with Crippen LogP contribution in [0.3, 0.4) is 0 Å². The number of likely N-dealkylation sites (tertiary alicyclic amines) is 1. The first-order valence-corrected chi connectivity index (χ1v) is 8.17. The second-order valence-corrected chi connectivity index (χ2v) is 6.71. The minimum atomic E-state index is 0.397. The van der Waals surface area contributed by atoms with Gasteiger partial charge in [0.25, 0.3) is 0 Å². The molecule has 0 amide bonds. The summed E-state index contributed by atoms with van der Waals surface area (Å²) in [6.45, 7) is 6.91. The summed E-state index contributed by atoms with van der Waals surface area (Å²) >= 11 is 0. The normalized spacial score (nSPS) is 22.7. The van der Waals surface area contributed by atoms with E-state index >= 15 is 0 Å². The van der Waals surface area contributed by atoms with E-state index in [1.807, 2.05) is 0 Å². The largest absolute Gasteiger partial charge is 0.312 e. The molecule has 1 N–H and O–H groups in total. The van der Waals surface area contributed by atoms with Crippen LogP contribution in [0, 0.1) is 6.92 Å². The topological polar surface area (TPSA) is 18.5 Å². The number of nitrogens with one attached hydrogen (secondary N) is 1. The maximum atomic E-state index is 3.53. The summed E-state index contributed by atoms with van der Waals surface area (Å²) in [7, 11) is 6.44. The Bertz CT molecular complexity index is 427. The third kappa shape index (κ3) is 4.06. The summed E-state index contributed by atoms with van der Waals surface area (Å²) in [6, 6.07) is 10.6. The van der Waals surface area contributed by atoms with Crippen molar-refractivity contribution in [2.75, 3.05) is 34.2 Å². The zero-order chi connectivity index (χ0) is 15.4. The number of likely N-dealkylation sites (N-methyl/N-ethyl adjacent to an activating group) is 2. The van der Waals surface area contributed by atoms with Crippen molar-refractivity contribution in [2.24, 2.45) is 0 Å². The van der Waals surface area contributed by atoms with Crippen LogP contribution in [0.25, 0.3) is 0 Å². The molecule has 3 nitrogen and oxygen atoms in total. The van der Waals surface area contributed by atoms with Crippen molar-refractivity contribution in [3.8, 4) is 0 Å². The Balaban J connectivity index is 2.11. The zero-order valence-corrected chi connectivity index (χ0v) is 14.3. The van der Waals surface area contributed by atoms with Gasteiger partial charge in [0.05, 0.1) is 0 Å². The molecule has 0 aromatic heterocycles. The molecule has 0 spiro atoms. The Hall–Kier alpha value is -0.900. The molecule has 1 aliphatic rings. The Kier molecular flexibility index (Phi) is 5.80. The lowest BCUT2D eigenvalue weighted by Crippen LogP contribution is -2.47. The number of hydrogen-bond donors (Lipinski definition) is 1. The number of rotatable bonds is 6. The highest BCUT2D eigenvalue weighted by atomic mass is 15.3. The predicted octanol–water partition coefficient (Wildman–Crippen LogP) is 2.67. The third-order valence-corrected chi connectivity index (χ3v) is 4.75. The second-order valence-electron chi connectivity index (χ2n) is 6.71. The zero-order valence-electron chi connectivity index (χ0n) is 14.3. The summed E-state index contributed by atoms with van der Waals surface area (Å²) in [4.78, 5) is 5.01. The van der Waals surface area contributed by atoms with Crippen molar-refractivity contribution in [1.82, 2.24) is 15.1 Å². The van der Waals surface area contributed by atoms with E-state index in [0.29, 0.717) is 18.1 Å². The van der Waals surface area contributed by atoms with Crippen LogP contribution in [0.2, 0.25) is 0 Å². The lowest BCUT2D eigenvalue weighted by atomic mass is 9.97. The summed E-state index contributed by atoms with van der Waals surface area (Å²) in [6.07, 6.45) is 2.65. The van der Waals surface area contributed by atoms with Gasteiger partial charge in [-0.1, -0.05) is 29.8 Å². The van der Waals surface area contributed by atoms with Gasteiger partial charge in [-0.2, -0.15) is 0 Å². The monoisotopic (exact) mass is 289 g/mol. The van der Waals surface area contributed by atoms with Crippen molar-refractivity contribution >= 4 is 0 Å². The molecule has 0 bridgehead atoms. The number of hydrogen-bond acceptors (Lipinski definition) is 3. The minimum absolute atomic E-state index is 0.397. The fourth-order valence-electron chi connectivity index (χ4n) is 3.66. The van der Waals surface area contributed by atoms with Gasteiger partial charge in [-0.05, 0) is 59.9 Å². The summed E-state index contributed by atoms with van der Waals surface area (Å²) in [5.74, 6) is 0. The van der Waals surface area contributed by atoms with E-state index in [1.54, 1.807) is 0 Å². The standard InChI is InChI=1S/C18H31N3/c1-14-8-10-16(11-9-14)18(19-3)15(2)21-12-6-7-17(21)13-20(4)5/h8-11,15,17-19H,6-7,12-13H2,1-5H3. The molecule has 1 aromatic rings. The van der Waals surface area contributed by atoms with E-state index in [0.717, 1.165) is 6.54 Å². The molecule has 21 heavy (non-hydrogen) atoms. The molecule has 1 fully saturated rings. The fraction of sp³-hybridized carbons (Fsp3) is 0.667. The molecule has 3 unspecified atom stereocenters. The molecule has 118 valence electrons. The number of aryl methyl sites for hydroxylation is 1. The first-order valence-electron chi connectivity index (χ1n) is 8.17. The molecule has 0 aliphatic carbocycles. The van der Waals surface area contributed by atoms with Gasteiger partial charge < -0.3 is 10.2 Å². The van der Waals surface area contributed by atoms with Gasteiger partial charge in [0.1, 0.15) is 0 Å². The molecule has 1 heterocycles. The molecule has 3 atom stereocenters. The Morgan fingerprint density at radius 2 is 1.95 bits per heavy atom. The molecule has 1 aromatic carbocycles. The van der Waals surface area contributed by atoms with Crippen molar-refractivity contribution in [3.63, 3.8) is 0 Å². The van der Waals surface area contributed by atoms with Gasteiger partial charge in [0.2, 0.25) is 0 Å². The lowest BCUT2D eigenvalue weighted by molar-refractivity contribution is 0.135. The van der Waals surface area contributed by atoms with Gasteiger partial charge in [0.15, 0.2) is 0 Å². The van der Waals surface area contributed by atoms with Crippen molar-refractivity contribution in [2.45, 2.75) is 44.8 Å². The first-order chi connectivity index (χ1) is 10.0. The average Bonchev–Trinajstić information content (AvgIpc) is 2.88. The SMILES string of the molecule is CNC(c1ccc(C)cc1)C(C)N1CCCC1CN(C)C. The maximum Gasteiger partial charge on any atom is 0.0473 e. The number of benzene rings is 1. The van der Waals surface area contributed by atoms with Gasteiger partial charge >= 0.3 is 0 Å². The molecule has 0 radical (unpaired) electrons. The van der Waals surface area contributed by atoms with Crippen LogP contribution < -0.4 is 5.32 Å². The molecule has 1 saturated heterocycles. The maximum absolute atomic E-state index is 3.53. The van der Waals surface area contributed by atoms with E-state index in [9.17, 15) is 0 Å². The van der Waals surface area contributed by atoms with E-state index < -0.39 is 0 Å². The number of nitrogens with zero attached hydrogens (tertiary/aromatic N) is 2. The van der Waals surface area contributed by atoms with Gasteiger partial charge in [0, 0.05) is 24.7 Å². The van der Waals surface area contributed by atoms with Gasteiger partial charge in [-0.3, -0.25) is 4.90 Å². The van der Waals surface area contributed by atoms with Crippen LogP contribution in [-0.2, 0) is 0 Å². The van der Waals surface area contributed by atoms with E-state index in [2.05, 4.69) is 74.4 Å². The van der Waals surface area contributed by atoms with Gasteiger partial charge in [-0.15, -0.1) is 0 Å². The molecular weight excluding hydrogens is 258 g/mol. The molecule has 1 aliphatic heterocycles. The highest BCUT2D eigenvalue weighted by molar-refractivity contribution is 5.25. The smallest absolute Gasteiger partial charge is 0.0473 e.